The first-order valence-corrected chi connectivity index (χ1v) is 5.88. The molecule has 9 nitrogen and oxygen atoms in total. The van der Waals surface area contributed by atoms with Gasteiger partial charge in [-0.3, -0.25) is 10.1 Å². The normalized spacial score (nSPS) is 10.4. The number of rotatable bonds is 5. The number of methoxy groups -OCH3 is 1. The Morgan fingerprint density at radius 3 is 2.55 bits per heavy atom. The molecular weight excluding hydrogens is 268 g/mol. The van der Waals surface area contributed by atoms with Crippen molar-refractivity contribution in [3.8, 4) is 0 Å². The van der Waals surface area contributed by atoms with Crippen molar-refractivity contribution in [2.75, 3.05) is 7.11 Å². The number of carboxylic acids is 1. The van der Waals surface area contributed by atoms with Gasteiger partial charge in [0.15, 0.2) is 5.69 Å². The molecule has 20 heavy (non-hydrogen) atoms. The lowest BCUT2D eigenvalue weighted by Gasteiger charge is -2.08. The van der Waals surface area contributed by atoms with Gasteiger partial charge in [0.05, 0.1) is 12.8 Å². The molecule has 110 valence electrons. The second kappa shape index (κ2) is 6.64. The minimum Gasteiger partial charge on any atom is -0.476 e. The van der Waals surface area contributed by atoms with E-state index in [0.717, 1.165) is 7.11 Å². The van der Waals surface area contributed by atoms with Gasteiger partial charge in [-0.25, -0.2) is 14.3 Å². The second-order valence-corrected chi connectivity index (χ2v) is 4.49. The Balaban J connectivity index is 2.91. The van der Waals surface area contributed by atoms with E-state index >= 15 is 0 Å². The van der Waals surface area contributed by atoms with E-state index in [0.29, 0.717) is 12.1 Å². The number of carbonyl (C=O) groups is 3. The van der Waals surface area contributed by atoms with Crippen molar-refractivity contribution in [3.05, 3.63) is 11.4 Å². The topological polar surface area (TPSA) is 123 Å². The van der Waals surface area contributed by atoms with E-state index in [-0.39, 0.29) is 18.2 Å². The van der Waals surface area contributed by atoms with E-state index in [1.165, 1.54) is 4.68 Å². The lowest BCUT2D eigenvalue weighted by atomic mass is 10.1. The summed E-state index contributed by atoms with van der Waals surface area (Å²) in [6, 6.07) is 0. The maximum absolute atomic E-state index is 11.6. The molecule has 0 aromatic carbocycles. The molecule has 1 aromatic rings. The number of carboxylic acid groups (broad SMARTS) is 1. The monoisotopic (exact) mass is 284 g/mol. The van der Waals surface area contributed by atoms with Crippen LogP contribution >= 0.6 is 0 Å². The fraction of sp³-hybridized carbons (Fsp3) is 0.545. The molecule has 1 heterocycles. The van der Waals surface area contributed by atoms with E-state index in [1.54, 1.807) is 0 Å². The number of alkyl carbamates (subject to hydrolysis) is 1. The van der Waals surface area contributed by atoms with E-state index in [9.17, 15) is 14.4 Å². The van der Waals surface area contributed by atoms with Gasteiger partial charge in [-0.05, 0) is 12.3 Å². The molecule has 0 unspecified atom stereocenters. The van der Waals surface area contributed by atoms with Gasteiger partial charge in [-0.1, -0.05) is 19.1 Å². The number of imide groups is 1. The summed E-state index contributed by atoms with van der Waals surface area (Å²) in [7, 11) is 1.13. The van der Waals surface area contributed by atoms with Gasteiger partial charge in [-0.2, -0.15) is 0 Å². The number of hydrogen-bond acceptors (Lipinski definition) is 6. The van der Waals surface area contributed by atoms with Crippen molar-refractivity contribution in [3.63, 3.8) is 0 Å². The van der Waals surface area contributed by atoms with Crippen LogP contribution in [0.5, 0.6) is 0 Å². The molecule has 1 rings (SSSR count). The van der Waals surface area contributed by atoms with Gasteiger partial charge in [0, 0.05) is 0 Å². The summed E-state index contributed by atoms with van der Waals surface area (Å²) < 4.78 is 5.45. The van der Waals surface area contributed by atoms with Crippen LogP contribution in [0, 0.1) is 5.92 Å². The van der Waals surface area contributed by atoms with Crippen molar-refractivity contribution in [1.82, 2.24) is 20.3 Å². The molecule has 0 saturated carbocycles. The van der Waals surface area contributed by atoms with Gasteiger partial charge in [-0.15, -0.1) is 5.10 Å². The van der Waals surface area contributed by atoms with Crippen molar-refractivity contribution in [1.29, 1.82) is 0 Å². The molecule has 0 aliphatic rings. The number of nitrogens with zero attached hydrogens (tertiary/aromatic N) is 3. The van der Waals surface area contributed by atoms with Crippen LogP contribution in [0.4, 0.5) is 4.79 Å². The molecule has 0 spiro atoms. The lowest BCUT2D eigenvalue weighted by molar-refractivity contribution is -0.121. The minimum absolute atomic E-state index is 0.161. The molecule has 9 heteroatoms. The highest BCUT2D eigenvalue weighted by molar-refractivity contribution is 5.91. The second-order valence-electron chi connectivity index (χ2n) is 4.49. The minimum atomic E-state index is -1.21. The summed E-state index contributed by atoms with van der Waals surface area (Å²) in [5.74, 6) is -1.71. The maximum Gasteiger partial charge on any atom is 0.413 e. The maximum atomic E-state index is 11.6. The number of hydrogen-bond donors (Lipinski definition) is 2. The molecule has 2 amide bonds. The summed E-state index contributed by atoms with van der Waals surface area (Å²) in [4.78, 5) is 33.5. The average Bonchev–Trinajstić information content (AvgIpc) is 2.71. The standard InChI is InChI=1S/C11H16N4O5/c1-6(2)4-7-9(10(17)18)13-14-15(7)5-8(16)12-11(19)20-3/h6H,4-5H2,1-3H3,(H,17,18)(H,12,16,19). The summed E-state index contributed by atoms with van der Waals surface area (Å²) in [5.41, 5.74) is 0.150. The van der Waals surface area contributed by atoms with Crippen LogP contribution < -0.4 is 5.32 Å². The highest BCUT2D eigenvalue weighted by Crippen LogP contribution is 2.12. The molecule has 2 N–H and O–H groups in total. The Bertz CT molecular complexity index is 523. The van der Waals surface area contributed by atoms with Crippen LogP contribution in [-0.2, 0) is 22.5 Å². The summed E-state index contributed by atoms with van der Waals surface area (Å²) >= 11 is 0. The Kier molecular flexibility index (Phi) is 5.18. The highest BCUT2D eigenvalue weighted by atomic mass is 16.5. The van der Waals surface area contributed by atoms with Crippen LogP contribution in [0.15, 0.2) is 0 Å². The first-order valence-electron chi connectivity index (χ1n) is 5.88. The van der Waals surface area contributed by atoms with E-state index in [2.05, 4.69) is 15.0 Å². The van der Waals surface area contributed by atoms with Crippen LogP contribution in [-0.4, -0.2) is 45.2 Å². The van der Waals surface area contributed by atoms with E-state index in [1.807, 2.05) is 19.2 Å². The first-order chi connectivity index (χ1) is 9.35. The zero-order chi connectivity index (χ0) is 15.3. The van der Waals surface area contributed by atoms with Crippen LogP contribution in [0.25, 0.3) is 0 Å². The largest absolute Gasteiger partial charge is 0.476 e. The zero-order valence-corrected chi connectivity index (χ0v) is 11.4. The fourth-order valence-electron chi connectivity index (χ4n) is 1.56. The van der Waals surface area contributed by atoms with Crippen molar-refractivity contribution in [2.24, 2.45) is 5.92 Å². The molecular formula is C11H16N4O5. The number of carbonyl (C=O) groups excluding carboxylic acids is 2. The first kappa shape index (κ1) is 15.6. The van der Waals surface area contributed by atoms with Crippen molar-refractivity contribution >= 4 is 18.0 Å². The van der Waals surface area contributed by atoms with Gasteiger partial charge >= 0.3 is 12.1 Å². The fourth-order valence-corrected chi connectivity index (χ4v) is 1.56. The quantitative estimate of drug-likeness (QED) is 0.783. The molecule has 0 aliphatic carbocycles. The molecule has 1 aromatic heterocycles. The molecule has 0 radical (unpaired) electrons. The third kappa shape index (κ3) is 4.04. The third-order valence-electron chi connectivity index (χ3n) is 2.36. The Labute approximate surface area is 114 Å². The molecule has 0 fully saturated rings. The van der Waals surface area contributed by atoms with Crippen molar-refractivity contribution < 1.29 is 24.2 Å². The Morgan fingerprint density at radius 1 is 1.40 bits per heavy atom. The van der Waals surface area contributed by atoms with Gasteiger partial charge in [0.1, 0.15) is 6.54 Å². The summed E-state index contributed by atoms with van der Waals surface area (Å²) in [5, 5.41) is 18.2. The molecule has 0 saturated heterocycles. The Hall–Kier alpha value is -2.45. The van der Waals surface area contributed by atoms with Gasteiger partial charge in [0.2, 0.25) is 0 Å². The van der Waals surface area contributed by atoms with E-state index < -0.39 is 18.0 Å². The summed E-state index contributed by atoms with van der Waals surface area (Å²) in [6.07, 6.45) is -0.487. The van der Waals surface area contributed by atoms with Crippen molar-refractivity contribution in [2.45, 2.75) is 26.8 Å². The smallest absolute Gasteiger partial charge is 0.413 e. The number of aromatic carboxylic acids is 1. The summed E-state index contributed by atoms with van der Waals surface area (Å²) in [6.45, 7) is 3.49. The predicted molar refractivity (Wildman–Crippen MR) is 66.1 cm³/mol. The Morgan fingerprint density at radius 2 is 2.05 bits per heavy atom. The SMILES string of the molecule is COC(=O)NC(=O)Cn1nnc(C(=O)O)c1CC(C)C. The molecule has 0 bridgehead atoms. The number of ether oxygens (including phenoxy) is 1. The molecule has 0 aliphatic heterocycles. The number of aromatic nitrogens is 3. The third-order valence-corrected chi connectivity index (χ3v) is 2.36. The van der Waals surface area contributed by atoms with Crippen LogP contribution in [0.2, 0.25) is 0 Å². The van der Waals surface area contributed by atoms with Crippen LogP contribution in [0.1, 0.15) is 30.0 Å². The predicted octanol–water partition coefficient (Wildman–Crippen LogP) is 0.0574. The number of amides is 2. The van der Waals surface area contributed by atoms with Gasteiger partial charge in [0.25, 0.3) is 5.91 Å². The highest BCUT2D eigenvalue weighted by Gasteiger charge is 2.21. The lowest BCUT2D eigenvalue weighted by Crippen LogP contribution is -2.34. The zero-order valence-electron chi connectivity index (χ0n) is 11.4. The average molecular weight is 284 g/mol. The van der Waals surface area contributed by atoms with E-state index in [4.69, 9.17) is 5.11 Å². The van der Waals surface area contributed by atoms with Gasteiger partial charge < -0.3 is 9.84 Å². The number of nitrogens with one attached hydrogen (secondary N) is 1. The van der Waals surface area contributed by atoms with Crippen LogP contribution in [0.3, 0.4) is 0 Å². The molecule has 0 atom stereocenters.